The first-order chi connectivity index (χ1) is 15.4. The highest BCUT2D eigenvalue weighted by Gasteiger charge is 2.18. The SMILES string of the molecule is COc1ccccc1NC(=O)CCn1cnc2c(c(C)c(C)n2-c2cccc(F)c2)c1=O. The minimum atomic E-state index is -0.365. The molecule has 0 unspecified atom stereocenters. The number of hydrogen-bond donors (Lipinski definition) is 1. The predicted molar refractivity (Wildman–Crippen MR) is 121 cm³/mol. The molecule has 2 aromatic carbocycles. The van der Waals surface area contributed by atoms with Gasteiger partial charge >= 0.3 is 0 Å². The first-order valence-corrected chi connectivity index (χ1v) is 10.2. The highest BCUT2D eigenvalue weighted by Crippen LogP contribution is 2.25. The Kier molecular flexibility index (Phi) is 5.77. The van der Waals surface area contributed by atoms with Crippen molar-refractivity contribution in [1.82, 2.24) is 14.1 Å². The van der Waals surface area contributed by atoms with E-state index in [1.54, 1.807) is 34.9 Å². The summed E-state index contributed by atoms with van der Waals surface area (Å²) in [6.45, 7) is 3.88. The third kappa shape index (κ3) is 3.87. The molecule has 0 saturated heterocycles. The van der Waals surface area contributed by atoms with Crippen LogP contribution in [0.4, 0.5) is 10.1 Å². The largest absolute Gasteiger partial charge is 0.495 e. The lowest BCUT2D eigenvalue weighted by atomic mass is 10.2. The number of hydrogen-bond acceptors (Lipinski definition) is 4. The number of rotatable bonds is 6. The highest BCUT2D eigenvalue weighted by atomic mass is 19.1. The van der Waals surface area contributed by atoms with Gasteiger partial charge in [-0.1, -0.05) is 18.2 Å². The molecule has 1 amide bonds. The van der Waals surface area contributed by atoms with Gasteiger partial charge in [-0.2, -0.15) is 0 Å². The van der Waals surface area contributed by atoms with Gasteiger partial charge in [-0.3, -0.25) is 18.7 Å². The molecule has 4 aromatic rings. The number of nitrogens with zero attached hydrogens (tertiary/aromatic N) is 3. The van der Waals surface area contributed by atoms with Crippen LogP contribution in [0.2, 0.25) is 0 Å². The summed E-state index contributed by atoms with van der Waals surface area (Å²) < 4.78 is 22.2. The fourth-order valence-electron chi connectivity index (χ4n) is 3.76. The lowest BCUT2D eigenvalue weighted by Crippen LogP contribution is -2.24. The molecule has 1 N–H and O–H groups in total. The molecule has 0 bridgehead atoms. The van der Waals surface area contributed by atoms with Crippen LogP contribution in [-0.4, -0.2) is 27.1 Å². The number of fused-ring (bicyclic) bond motifs is 1. The average Bonchev–Trinajstić information content (AvgIpc) is 3.04. The number of amides is 1. The molecule has 0 radical (unpaired) electrons. The summed E-state index contributed by atoms with van der Waals surface area (Å²) in [4.78, 5) is 30.1. The maximum absolute atomic E-state index is 13.8. The zero-order chi connectivity index (χ0) is 22.8. The third-order valence-corrected chi connectivity index (χ3v) is 5.51. The second kappa shape index (κ2) is 8.66. The van der Waals surface area contributed by atoms with Crippen LogP contribution >= 0.6 is 0 Å². The minimum absolute atomic E-state index is 0.0910. The Morgan fingerprint density at radius 1 is 1.16 bits per heavy atom. The van der Waals surface area contributed by atoms with Crippen LogP contribution in [-0.2, 0) is 11.3 Å². The van der Waals surface area contributed by atoms with Gasteiger partial charge < -0.3 is 10.1 Å². The Morgan fingerprint density at radius 3 is 2.69 bits per heavy atom. The lowest BCUT2D eigenvalue weighted by Gasteiger charge is -2.11. The number of carbonyl (C=O) groups excluding carboxylic acids is 1. The monoisotopic (exact) mass is 434 g/mol. The smallest absolute Gasteiger partial charge is 0.263 e. The highest BCUT2D eigenvalue weighted by molar-refractivity contribution is 5.92. The molecule has 0 fully saturated rings. The van der Waals surface area contributed by atoms with E-state index in [1.807, 2.05) is 19.9 Å². The number of nitrogens with one attached hydrogen (secondary N) is 1. The van der Waals surface area contributed by atoms with Crippen molar-refractivity contribution < 1.29 is 13.9 Å². The molecule has 164 valence electrons. The summed E-state index contributed by atoms with van der Waals surface area (Å²) >= 11 is 0. The van der Waals surface area contributed by atoms with Crippen LogP contribution in [0.1, 0.15) is 17.7 Å². The standard InChI is InChI=1S/C24H23FN4O3/c1-15-16(2)29(18-8-6-7-17(25)13-18)23-22(15)24(31)28(14-26-23)12-11-21(30)27-19-9-4-5-10-20(19)32-3/h4-10,13-14H,11-12H2,1-3H3,(H,27,30). The predicted octanol–water partition coefficient (Wildman–Crippen LogP) is 3.98. The number of ether oxygens (including phenoxy) is 1. The van der Waals surface area contributed by atoms with E-state index in [0.29, 0.717) is 28.2 Å². The van der Waals surface area contributed by atoms with Gasteiger partial charge in [-0.25, -0.2) is 9.37 Å². The van der Waals surface area contributed by atoms with E-state index in [2.05, 4.69) is 10.3 Å². The average molecular weight is 434 g/mol. The lowest BCUT2D eigenvalue weighted by molar-refractivity contribution is -0.116. The Labute approximate surface area is 184 Å². The van der Waals surface area contributed by atoms with Crippen molar-refractivity contribution in [2.45, 2.75) is 26.8 Å². The third-order valence-electron chi connectivity index (χ3n) is 5.51. The van der Waals surface area contributed by atoms with Crippen molar-refractivity contribution in [2.75, 3.05) is 12.4 Å². The van der Waals surface area contributed by atoms with Crippen LogP contribution < -0.4 is 15.6 Å². The molecule has 2 aromatic heterocycles. The molecule has 7 nitrogen and oxygen atoms in total. The molecular formula is C24H23FN4O3. The first kappa shape index (κ1) is 21.3. The number of carbonyl (C=O) groups is 1. The number of benzene rings is 2. The van der Waals surface area contributed by atoms with Gasteiger partial charge in [0, 0.05) is 18.7 Å². The van der Waals surface area contributed by atoms with Crippen molar-refractivity contribution in [3.05, 3.63) is 82.3 Å². The van der Waals surface area contributed by atoms with E-state index in [1.165, 1.54) is 30.1 Å². The summed E-state index contributed by atoms with van der Waals surface area (Å²) in [6.07, 6.45) is 1.52. The van der Waals surface area contributed by atoms with Gasteiger partial charge in [0.25, 0.3) is 5.56 Å². The second-order valence-electron chi connectivity index (χ2n) is 7.47. The maximum atomic E-state index is 13.8. The normalized spacial score (nSPS) is 11.0. The molecule has 0 saturated carbocycles. The van der Waals surface area contributed by atoms with Gasteiger partial charge in [-0.05, 0) is 49.7 Å². The Bertz CT molecular complexity index is 1370. The molecule has 32 heavy (non-hydrogen) atoms. The van der Waals surface area contributed by atoms with Gasteiger partial charge in [0.1, 0.15) is 11.6 Å². The van der Waals surface area contributed by atoms with Crippen molar-refractivity contribution >= 4 is 22.6 Å². The Hall–Kier alpha value is -3.94. The minimum Gasteiger partial charge on any atom is -0.495 e. The van der Waals surface area contributed by atoms with Crippen molar-refractivity contribution in [1.29, 1.82) is 0 Å². The molecule has 8 heteroatoms. The van der Waals surface area contributed by atoms with Crippen LogP contribution in [0.15, 0.2) is 59.7 Å². The molecule has 0 aliphatic heterocycles. The summed E-state index contributed by atoms with van der Waals surface area (Å²) in [5.41, 5.74) is 2.97. The topological polar surface area (TPSA) is 78.2 Å². The van der Waals surface area contributed by atoms with E-state index in [9.17, 15) is 14.0 Å². The van der Waals surface area contributed by atoms with Crippen LogP contribution in [0, 0.1) is 19.7 Å². The fourth-order valence-corrected chi connectivity index (χ4v) is 3.76. The molecule has 0 aliphatic carbocycles. The van der Waals surface area contributed by atoms with Gasteiger partial charge in [0.15, 0.2) is 5.65 Å². The van der Waals surface area contributed by atoms with E-state index >= 15 is 0 Å². The number of para-hydroxylation sites is 2. The zero-order valence-electron chi connectivity index (χ0n) is 18.1. The zero-order valence-corrected chi connectivity index (χ0v) is 18.1. The number of methoxy groups -OCH3 is 1. The van der Waals surface area contributed by atoms with E-state index in [0.717, 1.165) is 11.3 Å². The number of halogens is 1. The molecule has 4 rings (SSSR count). The van der Waals surface area contributed by atoms with Gasteiger partial charge in [-0.15, -0.1) is 0 Å². The van der Waals surface area contributed by atoms with Crippen molar-refractivity contribution in [3.63, 3.8) is 0 Å². The van der Waals surface area contributed by atoms with E-state index in [4.69, 9.17) is 4.74 Å². The molecule has 0 aliphatic rings. The molecule has 0 atom stereocenters. The van der Waals surface area contributed by atoms with Crippen LogP contribution in [0.5, 0.6) is 5.75 Å². The van der Waals surface area contributed by atoms with Crippen LogP contribution in [0.25, 0.3) is 16.7 Å². The molecular weight excluding hydrogens is 411 g/mol. The number of anilines is 1. The van der Waals surface area contributed by atoms with Crippen molar-refractivity contribution in [2.24, 2.45) is 0 Å². The number of aryl methyl sites for hydroxylation is 2. The second-order valence-corrected chi connectivity index (χ2v) is 7.47. The quantitative estimate of drug-likeness (QED) is 0.498. The van der Waals surface area contributed by atoms with E-state index < -0.39 is 0 Å². The van der Waals surface area contributed by atoms with Gasteiger partial charge in [0.05, 0.1) is 30.2 Å². The summed E-state index contributed by atoms with van der Waals surface area (Å²) in [7, 11) is 1.53. The maximum Gasteiger partial charge on any atom is 0.263 e. The molecule has 2 heterocycles. The molecule has 0 spiro atoms. The summed E-state index contributed by atoms with van der Waals surface area (Å²) in [5.74, 6) is -0.0478. The van der Waals surface area contributed by atoms with Crippen molar-refractivity contribution in [3.8, 4) is 11.4 Å². The fraction of sp³-hybridized carbons (Fsp3) is 0.208. The van der Waals surface area contributed by atoms with Crippen LogP contribution in [0.3, 0.4) is 0 Å². The van der Waals surface area contributed by atoms with Gasteiger partial charge in [0.2, 0.25) is 5.91 Å². The summed E-state index contributed by atoms with van der Waals surface area (Å²) in [6, 6.07) is 13.3. The number of aromatic nitrogens is 3. The summed E-state index contributed by atoms with van der Waals surface area (Å²) in [5, 5.41) is 3.26. The first-order valence-electron chi connectivity index (χ1n) is 10.2. The Morgan fingerprint density at radius 2 is 1.94 bits per heavy atom. The Balaban J connectivity index is 1.61. The van der Waals surface area contributed by atoms with E-state index in [-0.39, 0.29) is 30.2 Å².